The van der Waals surface area contributed by atoms with Crippen LogP contribution >= 0.6 is 0 Å². The molecule has 2 N–H and O–H groups in total. The minimum absolute atomic E-state index is 0.137. The lowest BCUT2D eigenvalue weighted by Crippen LogP contribution is -2.61. The van der Waals surface area contributed by atoms with Crippen LogP contribution in [0.5, 0.6) is 11.5 Å². The average molecular weight is 319 g/mol. The Morgan fingerprint density at radius 3 is 2.78 bits per heavy atom. The van der Waals surface area contributed by atoms with Gasteiger partial charge in [-0.1, -0.05) is 0 Å². The summed E-state index contributed by atoms with van der Waals surface area (Å²) in [5.41, 5.74) is 1.64. The number of hydrogen-bond donors (Lipinski definition) is 2. The largest absolute Gasteiger partial charge is 0.454 e. The lowest BCUT2D eigenvalue weighted by molar-refractivity contribution is -0.119. The van der Waals surface area contributed by atoms with Crippen LogP contribution in [0.15, 0.2) is 12.1 Å². The average Bonchev–Trinajstić information content (AvgIpc) is 3.13. The third-order valence-corrected chi connectivity index (χ3v) is 6.24. The summed E-state index contributed by atoms with van der Waals surface area (Å²) in [6.45, 7) is 1.08. The lowest BCUT2D eigenvalue weighted by Gasteiger charge is -2.53. The molecule has 6 nitrogen and oxygen atoms in total. The predicted octanol–water partition coefficient (Wildman–Crippen LogP) is 0.902. The van der Waals surface area contributed by atoms with Crippen molar-refractivity contribution in [1.29, 1.82) is 0 Å². The first-order valence-electron chi connectivity index (χ1n) is 8.25. The van der Waals surface area contributed by atoms with Gasteiger partial charge in [-0.15, -0.1) is 0 Å². The van der Waals surface area contributed by atoms with E-state index in [-0.39, 0.29) is 19.1 Å². The Morgan fingerprint density at radius 2 is 2.00 bits per heavy atom. The van der Waals surface area contributed by atoms with Gasteiger partial charge in [0.15, 0.2) is 11.5 Å². The van der Waals surface area contributed by atoms with Crippen LogP contribution in [0.3, 0.4) is 0 Å². The number of aliphatic hydroxyl groups excluding tert-OH is 2. The quantitative estimate of drug-likeness (QED) is 0.801. The van der Waals surface area contributed by atoms with Gasteiger partial charge in [0.2, 0.25) is 6.79 Å². The minimum Gasteiger partial charge on any atom is -0.454 e. The van der Waals surface area contributed by atoms with Crippen LogP contribution < -0.4 is 9.47 Å². The molecule has 2 fully saturated rings. The highest BCUT2D eigenvalue weighted by Gasteiger charge is 2.62. The van der Waals surface area contributed by atoms with Gasteiger partial charge in [0, 0.05) is 30.7 Å². The van der Waals surface area contributed by atoms with Gasteiger partial charge in [0.25, 0.3) is 0 Å². The fraction of sp³-hybridized carbons (Fsp3) is 0.647. The molecule has 1 aromatic carbocycles. The standard InChI is InChI=1S/C17H21NO5/c1-21-16-9-6-12-13(23-8-22-12)7-10(9)17-4-5-18(16)14(17)3-2-11(19)15(17)20/h6-7,11,14-16,19-20H,2-5,8H2,1H3. The molecule has 6 atom stereocenters. The Bertz CT molecular complexity index is 665. The lowest BCUT2D eigenvalue weighted by atomic mass is 9.61. The molecule has 3 heterocycles. The number of aliphatic hydroxyl groups is 2. The van der Waals surface area contributed by atoms with E-state index in [0.29, 0.717) is 6.42 Å². The number of hydrogen-bond acceptors (Lipinski definition) is 6. The van der Waals surface area contributed by atoms with Crippen molar-refractivity contribution in [2.24, 2.45) is 0 Å². The zero-order valence-corrected chi connectivity index (χ0v) is 13.1. The molecular weight excluding hydrogens is 298 g/mol. The zero-order valence-electron chi connectivity index (χ0n) is 13.1. The number of nitrogens with zero attached hydrogens (tertiary/aromatic N) is 1. The van der Waals surface area contributed by atoms with Crippen molar-refractivity contribution in [2.45, 2.75) is 49.2 Å². The monoisotopic (exact) mass is 319 g/mol. The van der Waals surface area contributed by atoms with Gasteiger partial charge in [-0.05, 0) is 37.0 Å². The molecule has 1 aromatic rings. The third-order valence-electron chi connectivity index (χ3n) is 6.24. The number of benzene rings is 1. The highest BCUT2D eigenvalue weighted by Crippen LogP contribution is 2.58. The summed E-state index contributed by atoms with van der Waals surface area (Å²) >= 11 is 0. The smallest absolute Gasteiger partial charge is 0.231 e. The second-order valence-electron chi connectivity index (χ2n) is 7.01. The van der Waals surface area contributed by atoms with Gasteiger partial charge >= 0.3 is 0 Å². The summed E-state index contributed by atoms with van der Waals surface area (Å²) in [5, 5.41) is 21.2. The van der Waals surface area contributed by atoms with Crippen molar-refractivity contribution in [3.63, 3.8) is 0 Å². The molecule has 2 bridgehead atoms. The van der Waals surface area contributed by atoms with Crippen molar-refractivity contribution < 1.29 is 24.4 Å². The Hall–Kier alpha value is -1.34. The van der Waals surface area contributed by atoms with Crippen LogP contribution in [-0.2, 0) is 10.2 Å². The maximum atomic E-state index is 10.9. The van der Waals surface area contributed by atoms with Crippen molar-refractivity contribution in [3.8, 4) is 11.5 Å². The molecule has 1 saturated carbocycles. The molecule has 6 unspecified atom stereocenters. The molecule has 0 radical (unpaired) electrons. The molecule has 1 aliphatic carbocycles. The molecule has 6 heteroatoms. The van der Waals surface area contributed by atoms with E-state index in [1.54, 1.807) is 7.11 Å². The van der Waals surface area contributed by atoms with Crippen LogP contribution in [0, 0.1) is 0 Å². The van der Waals surface area contributed by atoms with Crippen LogP contribution in [0.25, 0.3) is 0 Å². The van der Waals surface area contributed by atoms with E-state index < -0.39 is 17.6 Å². The van der Waals surface area contributed by atoms with Gasteiger partial charge in [0.05, 0.1) is 12.2 Å². The normalized spacial score (nSPS) is 43.2. The fourth-order valence-corrected chi connectivity index (χ4v) is 5.29. The van der Waals surface area contributed by atoms with Gasteiger partial charge in [0.1, 0.15) is 6.23 Å². The number of ether oxygens (including phenoxy) is 3. The van der Waals surface area contributed by atoms with E-state index in [2.05, 4.69) is 4.90 Å². The van der Waals surface area contributed by atoms with E-state index in [1.165, 1.54) is 0 Å². The van der Waals surface area contributed by atoms with Crippen molar-refractivity contribution in [3.05, 3.63) is 23.3 Å². The first kappa shape index (κ1) is 14.0. The number of fused-ring (bicyclic) bond motifs is 2. The summed E-state index contributed by atoms with van der Waals surface area (Å²) < 4.78 is 16.9. The highest BCUT2D eigenvalue weighted by atomic mass is 16.7. The van der Waals surface area contributed by atoms with E-state index in [1.807, 2.05) is 12.1 Å². The molecule has 0 aromatic heterocycles. The maximum absolute atomic E-state index is 10.9. The molecule has 0 amide bonds. The van der Waals surface area contributed by atoms with Crippen LogP contribution in [0.2, 0.25) is 0 Å². The SMILES string of the molecule is COC1c2cc3c(cc2C24CCN1C2CCC(O)C4O)OCO3. The summed E-state index contributed by atoms with van der Waals surface area (Å²) in [6, 6.07) is 4.18. The Morgan fingerprint density at radius 1 is 1.22 bits per heavy atom. The molecule has 5 rings (SSSR count). The topological polar surface area (TPSA) is 71.4 Å². The molecule has 3 aliphatic heterocycles. The molecule has 1 saturated heterocycles. The van der Waals surface area contributed by atoms with Crippen LogP contribution in [0.1, 0.15) is 36.6 Å². The summed E-state index contributed by atoms with van der Waals surface area (Å²) in [5.74, 6) is 1.45. The van der Waals surface area contributed by atoms with Crippen molar-refractivity contribution >= 4 is 0 Å². The first-order valence-corrected chi connectivity index (χ1v) is 8.25. The van der Waals surface area contributed by atoms with E-state index in [0.717, 1.165) is 42.0 Å². The van der Waals surface area contributed by atoms with Crippen molar-refractivity contribution in [1.82, 2.24) is 4.90 Å². The van der Waals surface area contributed by atoms with E-state index >= 15 is 0 Å². The Labute approximate surface area is 134 Å². The van der Waals surface area contributed by atoms with Gasteiger partial charge in [-0.2, -0.15) is 0 Å². The predicted molar refractivity (Wildman–Crippen MR) is 80.4 cm³/mol. The summed E-state index contributed by atoms with van der Waals surface area (Å²) in [7, 11) is 1.72. The number of methoxy groups -OCH3 is 1. The maximum Gasteiger partial charge on any atom is 0.231 e. The van der Waals surface area contributed by atoms with E-state index in [9.17, 15) is 10.2 Å². The Kier molecular flexibility index (Phi) is 2.81. The second-order valence-corrected chi connectivity index (χ2v) is 7.01. The minimum atomic E-state index is -0.761. The van der Waals surface area contributed by atoms with Gasteiger partial charge in [-0.25, -0.2) is 0 Å². The summed E-state index contributed by atoms with van der Waals surface area (Å²) in [4.78, 5) is 2.33. The fourth-order valence-electron chi connectivity index (χ4n) is 5.29. The van der Waals surface area contributed by atoms with E-state index in [4.69, 9.17) is 14.2 Å². The molecular formula is C17H21NO5. The van der Waals surface area contributed by atoms with Crippen LogP contribution in [-0.4, -0.2) is 53.8 Å². The van der Waals surface area contributed by atoms with Crippen molar-refractivity contribution in [2.75, 3.05) is 20.4 Å². The second kappa shape index (κ2) is 4.60. The van der Waals surface area contributed by atoms with Crippen LogP contribution in [0.4, 0.5) is 0 Å². The number of rotatable bonds is 1. The molecule has 0 spiro atoms. The zero-order chi connectivity index (χ0) is 15.8. The molecule has 23 heavy (non-hydrogen) atoms. The Balaban J connectivity index is 1.76. The van der Waals surface area contributed by atoms with Gasteiger partial charge in [-0.3, -0.25) is 4.90 Å². The van der Waals surface area contributed by atoms with Gasteiger partial charge < -0.3 is 24.4 Å². The molecule has 4 aliphatic rings. The highest BCUT2D eigenvalue weighted by molar-refractivity contribution is 5.55. The third kappa shape index (κ3) is 1.57. The molecule has 124 valence electrons. The first-order chi connectivity index (χ1) is 11.2. The summed E-state index contributed by atoms with van der Waals surface area (Å²) in [6.07, 6.45) is 0.740.